The average Bonchev–Trinajstić information content (AvgIpc) is 2.97. The van der Waals surface area contributed by atoms with Gasteiger partial charge < -0.3 is 14.4 Å². The van der Waals surface area contributed by atoms with E-state index in [0.717, 1.165) is 49.0 Å². The highest BCUT2D eigenvalue weighted by molar-refractivity contribution is 8.18. The van der Waals surface area contributed by atoms with Gasteiger partial charge in [-0.05, 0) is 55.8 Å². The Bertz CT molecular complexity index is 690. The molecule has 0 saturated carbocycles. The van der Waals surface area contributed by atoms with Crippen molar-refractivity contribution in [3.8, 4) is 5.75 Å². The largest absolute Gasteiger partial charge is 0.494 e. The van der Waals surface area contributed by atoms with E-state index < -0.39 is 0 Å². The van der Waals surface area contributed by atoms with Gasteiger partial charge in [0.2, 0.25) is 0 Å². The first-order valence-electron chi connectivity index (χ1n) is 9.21. The highest BCUT2D eigenvalue weighted by Gasteiger charge is 2.30. The maximum absolute atomic E-state index is 12.3. The molecule has 0 bridgehead atoms. The van der Waals surface area contributed by atoms with Crippen LogP contribution in [0.15, 0.2) is 34.2 Å². The number of thioether (sulfide) groups is 1. The standard InChI is InChI=1S/C20H26N2O3S/c1-4-5-10-24-17-8-6-16(7-9-17)11-18-19(23)21-20(26-18)22-12-14(2)25-15(3)13-22/h6-9,11,14-15H,4-5,10,12-13H2,1-3H3/b18-11-/t14-,15-/m0/s1. The van der Waals surface area contributed by atoms with Crippen molar-refractivity contribution in [1.29, 1.82) is 0 Å². The minimum absolute atomic E-state index is 0.144. The van der Waals surface area contributed by atoms with Gasteiger partial charge >= 0.3 is 0 Å². The Labute approximate surface area is 159 Å². The quantitative estimate of drug-likeness (QED) is 0.577. The number of morpholine rings is 1. The van der Waals surface area contributed by atoms with E-state index in [9.17, 15) is 4.79 Å². The van der Waals surface area contributed by atoms with Crippen molar-refractivity contribution in [3.63, 3.8) is 0 Å². The van der Waals surface area contributed by atoms with E-state index in [-0.39, 0.29) is 18.1 Å². The SMILES string of the molecule is CCCCOc1ccc(/C=C2\SC(N3C[C@H](C)O[C@@H](C)C3)=NC2=O)cc1. The number of hydrogen-bond donors (Lipinski definition) is 0. The summed E-state index contributed by atoms with van der Waals surface area (Å²) >= 11 is 1.45. The molecule has 0 aromatic heterocycles. The number of aliphatic imine (C=N–C) groups is 1. The molecule has 1 saturated heterocycles. The molecule has 5 nitrogen and oxygen atoms in total. The second-order valence-corrected chi connectivity index (χ2v) is 7.75. The Balaban J connectivity index is 1.63. The summed E-state index contributed by atoms with van der Waals surface area (Å²) in [7, 11) is 0. The molecule has 1 aromatic rings. The molecule has 0 N–H and O–H groups in total. The summed E-state index contributed by atoms with van der Waals surface area (Å²) in [5, 5.41) is 0.780. The lowest BCUT2D eigenvalue weighted by atomic mass is 10.2. The van der Waals surface area contributed by atoms with Gasteiger partial charge in [0, 0.05) is 13.1 Å². The smallest absolute Gasteiger partial charge is 0.286 e. The lowest BCUT2D eigenvalue weighted by molar-refractivity contribution is -0.113. The topological polar surface area (TPSA) is 51.1 Å². The molecule has 2 aliphatic rings. The number of hydrogen-bond acceptors (Lipinski definition) is 5. The van der Waals surface area contributed by atoms with Crippen LogP contribution < -0.4 is 4.74 Å². The summed E-state index contributed by atoms with van der Waals surface area (Å²) in [6, 6.07) is 7.83. The number of amides is 1. The fourth-order valence-electron chi connectivity index (χ4n) is 3.01. The van der Waals surface area contributed by atoms with E-state index in [1.54, 1.807) is 0 Å². The van der Waals surface area contributed by atoms with Crippen molar-refractivity contribution >= 4 is 28.9 Å². The minimum Gasteiger partial charge on any atom is -0.494 e. The van der Waals surface area contributed by atoms with Crippen molar-refractivity contribution in [2.75, 3.05) is 19.7 Å². The normalized spacial score (nSPS) is 24.9. The average molecular weight is 375 g/mol. The summed E-state index contributed by atoms with van der Waals surface area (Å²) in [6.07, 6.45) is 4.35. The van der Waals surface area contributed by atoms with Gasteiger partial charge in [-0.25, -0.2) is 0 Å². The zero-order valence-corrected chi connectivity index (χ0v) is 16.4. The van der Waals surface area contributed by atoms with Crippen LogP contribution in [0.1, 0.15) is 39.2 Å². The van der Waals surface area contributed by atoms with Crippen LogP contribution in [-0.4, -0.2) is 47.9 Å². The summed E-state index contributed by atoms with van der Waals surface area (Å²) in [4.78, 5) is 19.3. The lowest BCUT2D eigenvalue weighted by Gasteiger charge is -2.35. The Hall–Kier alpha value is -1.79. The molecule has 0 unspecified atom stereocenters. The van der Waals surface area contributed by atoms with Crippen LogP contribution in [0, 0.1) is 0 Å². The minimum atomic E-state index is -0.167. The second-order valence-electron chi connectivity index (χ2n) is 6.74. The van der Waals surface area contributed by atoms with Gasteiger partial charge in [0.1, 0.15) is 5.75 Å². The lowest BCUT2D eigenvalue weighted by Crippen LogP contribution is -2.47. The number of rotatable bonds is 5. The van der Waals surface area contributed by atoms with Gasteiger partial charge in [0.15, 0.2) is 5.17 Å². The van der Waals surface area contributed by atoms with Gasteiger partial charge in [-0.3, -0.25) is 4.79 Å². The molecule has 2 aliphatic heterocycles. The van der Waals surface area contributed by atoms with Gasteiger partial charge in [0.05, 0.1) is 23.7 Å². The predicted octanol–water partition coefficient (Wildman–Crippen LogP) is 3.95. The first-order valence-corrected chi connectivity index (χ1v) is 10.0. The fraction of sp³-hybridized carbons (Fsp3) is 0.500. The molecule has 0 radical (unpaired) electrons. The van der Waals surface area contributed by atoms with Crippen molar-refractivity contribution in [2.24, 2.45) is 4.99 Å². The number of amidine groups is 1. The molecule has 1 amide bonds. The number of nitrogens with zero attached hydrogens (tertiary/aromatic N) is 2. The number of unbranched alkanes of at least 4 members (excludes halogenated alkanes) is 1. The van der Waals surface area contributed by atoms with Crippen LogP contribution in [0.2, 0.25) is 0 Å². The molecule has 3 rings (SSSR count). The Morgan fingerprint density at radius 1 is 1.27 bits per heavy atom. The van der Waals surface area contributed by atoms with E-state index in [1.165, 1.54) is 11.8 Å². The maximum atomic E-state index is 12.3. The van der Waals surface area contributed by atoms with Crippen molar-refractivity contribution < 1.29 is 14.3 Å². The van der Waals surface area contributed by atoms with Crippen LogP contribution in [0.4, 0.5) is 0 Å². The Morgan fingerprint density at radius 2 is 1.96 bits per heavy atom. The predicted molar refractivity (Wildman–Crippen MR) is 106 cm³/mol. The highest BCUT2D eigenvalue weighted by Crippen LogP contribution is 2.31. The Morgan fingerprint density at radius 3 is 2.62 bits per heavy atom. The first kappa shape index (κ1) is 19.0. The monoisotopic (exact) mass is 374 g/mol. The molecular formula is C20H26N2O3S. The summed E-state index contributed by atoms with van der Waals surface area (Å²) in [5.74, 6) is 0.694. The Kier molecular flexibility index (Phi) is 6.38. The molecule has 140 valence electrons. The van der Waals surface area contributed by atoms with Crippen LogP contribution in [0.25, 0.3) is 6.08 Å². The highest BCUT2D eigenvalue weighted by atomic mass is 32.2. The molecule has 26 heavy (non-hydrogen) atoms. The van der Waals surface area contributed by atoms with Crippen LogP contribution in [0.5, 0.6) is 5.75 Å². The van der Waals surface area contributed by atoms with E-state index in [0.29, 0.717) is 4.91 Å². The molecular weight excluding hydrogens is 348 g/mol. The van der Waals surface area contributed by atoms with Gasteiger partial charge in [-0.15, -0.1) is 0 Å². The molecule has 1 aromatic carbocycles. The molecule has 1 fully saturated rings. The summed E-state index contributed by atoms with van der Waals surface area (Å²) in [5.41, 5.74) is 0.976. The molecule has 2 atom stereocenters. The van der Waals surface area contributed by atoms with Crippen molar-refractivity contribution in [3.05, 3.63) is 34.7 Å². The van der Waals surface area contributed by atoms with E-state index in [2.05, 4.69) is 16.8 Å². The van der Waals surface area contributed by atoms with E-state index in [4.69, 9.17) is 9.47 Å². The maximum Gasteiger partial charge on any atom is 0.286 e. The fourth-order valence-corrected chi connectivity index (χ4v) is 3.94. The van der Waals surface area contributed by atoms with Gasteiger partial charge in [-0.2, -0.15) is 4.99 Å². The van der Waals surface area contributed by atoms with Gasteiger partial charge in [0.25, 0.3) is 5.91 Å². The van der Waals surface area contributed by atoms with Crippen molar-refractivity contribution in [1.82, 2.24) is 4.90 Å². The van der Waals surface area contributed by atoms with Crippen LogP contribution >= 0.6 is 11.8 Å². The second kappa shape index (κ2) is 8.73. The van der Waals surface area contributed by atoms with Crippen LogP contribution in [-0.2, 0) is 9.53 Å². The molecule has 6 heteroatoms. The summed E-state index contributed by atoms with van der Waals surface area (Å²) in [6.45, 7) is 8.50. The van der Waals surface area contributed by atoms with Crippen LogP contribution in [0.3, 0.4) is 0 Å². The zero-order chi connectivity index (χ0) is 18.5. The molecule has 0 aliphatic carbocycles. The third-order valence-corrected chi connectivity index (χ3v) is 5.29. The first-order chi connectivity index (χ1) is 12.5. The number of carbonyl (C=O) groups is 1. The number of benzene rings is 1. The zero-order valence-electron chi connectivity index (χ0n) is 15.6. The molecule has 2 heterocycles. The number of ether oxygens (including phenoxy) is 2. The molecule has 0 spiro atoms. The third kappa shape index (κ3) is 4.89. The van der Waals surface area contributed by atoms with E-state index in [1.807, 2.05) is 44.2 Å². The van der Waals surface area contributed by atoms with Crippen molar-refractivity contribution in [2.45, 2.75) is 45.8 Å². The number of carbonyl (C=O) groups excluding carboxylic acids is 1. The third-order valence-electron chi connectivity index (χ3n) is 4.24. The summed E-state index contributed by atoms with van der Waals surface area (Å²) < 4.78 is 11.4. The van der Waals surface area contributed by atoms with Gasteiger partial charge in [-0.1, -0.05) is 25.5 Å². The van der Waals surface area contributed by atoms with E-state index >= 15 is 0 Å².